The molecule has 2 aromatic carbocycles. The van der Waals surface area contributed by atoms with E-state index in [0.717, 1.165) is 43.9 Å². The number of guanidine groups is 1. The third-order valence-electron chi connectivity index (χ3n) is 4.56. The first-order valence-electron chi connectivity index (χ1n) is 9.76. The summed E-state index contributed by atoms with van der Waals surface area (Å²) in [5.41, 5.74) is 2.49. The minimum Gasteiger partial charge on any atom is -0.356 e. The number of nitrogens with one attached hydrogen (secondary N) is 2. The molecule has 0 saturated heterocycles. The van der Waals surface area contributed by atoms with Crippen LogP contribution in [0.4, 0.5) is 0 Å². The molecule has 28 heavy (non-hydrogen) atoms. The van der Waals surface area contributed by atoms with E-state index in [4.69, 9.17) is 0 Å². The molecule has 0 aliphatic heterocycles. The molecular weight excluding hydrogens is 370 g/mol. The molecule has 0 atom stereocenters. The van der Waals surface area contributed by atoms with E-state index in [1.807, 2.05) is 12.1 Å². The number of sulfone groups is 1. The molecule has 0 bridgehead atoms. The number of benzene rings is 2. The van der Waals surface area contributed by atoms with Crippen LogP contribution in [0.5, 0.6) is 0 Å². The summed E-state index contributed by atoms with van der Waals surface area (Å²) < 4.78 is 23.0. The maximum Gasteiger partial charge on any atom is 0.190 e. The van der Waals surface area contributed by atoms with Gasteiger partial charge in [0.25, 0.3) is 0 Å². The topological polar surface area (TPSA) is 70.6 Å². The second-order valence-electron chi connectivity index (χ2n) is 6.89. The zero-order valence-electron chi connectivity index (χ0n) is 16.8. The molecule has 2 N–H and O–H groups in total. The highest BCUT2D eigenvalue weighted by atomic mass is 32.2. The average molecular weight is 402 g/mol. The highest BCUT2D eigenvalue weighted by molar-refractivity contribution is 7.90. The van der Waals surface area contributed by atoms with Crippen LogP contribution < -0.4 is 10.6 Å². The van der Waals surface area contributed by atoms with Gasteiger partial charge < -0.3 is 10.6 Å². The second kappa shape index (κ2) is 11.5. The number of rotatable bonds is 10. The van der Waals surface area contributed by atoms with Gasteiger partial charge in [0.2, 0.25) is 0 Å². The molecule has 0 saturated carbocycles. The van der Waals surface area contributed by atoms with Gasteiger partial charge in [-0.15, -0.1) is 0 Å². The summed E-state index contributed by atoms with van der Waals surface area (Å²) in [5.74, 6) is 0.802. The molecule has 0 aliphatic carbocycles. The summed E-state index contributed by atoms with van der Waals surface area (Å²) in [5, 5.41) is 6.64. The van der Waals surface area contributed by atoms with E-state index in [0.29, 0.717) is 4.90 Å². The molecule has 0 amide bonds. The summed E-state index contributed by atoms with van der Waals surface area (Å²) in [4.78, 5) is 4.60. The SMILES string of the molecule is CN=C(NCCCCCc1ccccc1)NCCc1ccc(S(C)(=O)=O)cc1. The number of hydrogen-bond donors (Lipinski definition) is 2. The first-order valence-corrected chi connectivity index (χ1v) is 11.7. The Kier molecular flexibility index (Phi) is 9.01. The van der Waals surface area contributed by atoms with Crippen molar-refractivity contribution >= 4 is 15.8 Å². The van der Waals surface area contributed by atoms with Gasteiger partial charge in [0.15, 0.2) is 15.8 Å². The van der Waals surface area contributed by atoms with Gasteiger partial charge >= 0.3 is 0 Å². The fourth-order valence-corrected chi connectivity index (χ4v) is 3.56. The van der Waals surface area contributed by atoms with Crippen LogP contribution in [0.25, 0.3) is 0 Å². The Hall–Kier alpha value is -2.34. The van der Waals surface area contributed by atoms with E-state index in [1.54, 1.807) is 19.2 Å². The zero-order chi connectivity index (χ0) is 20.2. The number of aryl methyl sites for hydroxylation is 1. The Morgan fingerprint density at radius 1 is 0.821 bits per heavy atom. The lowest BCUT2D eigenvalue weighted by molar-refractivity contribution is 0.602. The third kappa shape index (κ3) is 8.13. The van der Waals surface area contributed by atoms with Crippen LogP contribution in [-0.4, -0.2) is 40.8 Å². The molecule has 0 aromatic heterocycles. The highest BCUT2D eigenvalue weighted by Crippen LogP contribution is 2.10. The Labute approximate surface area is 169 Å². The Bertz CT molecular complexity index is 832. The van der Waals surface area contributed by atoms with E-state index < -0.39 is 9.84 Å². The molecule has 152 valence electrons. The Morgan fingerprint density at radius 2 is 1.46 bits per heavy atom. The summed E-state index contributed by atoms with van der Waals surface area (Å²) in [6.45, 7) is 1.64. The van der Waals surface area contributed by atoms with Crippen LogP contribution in [0.1, 0.15) is 30.4 Å². The van der Waals surface area contributed by atoms with Crippen LogP contribution in [0.15, 0.2) is 64.5 Å². The monoisotopic (exact) mass is 401 g/mol. The van der Waals surface area contributed by atoms with E-state index >= 15 is 0 Å². The molecule has 0 aliphatic rings. The summed E-state index contributed by atoms with van der Waals surface area (Å²) >= 11 is 0. The maximum absolute atomic E-state index is 11.5. The van der Waals surface area contributed by atoms with E-state index in [9.17, 15) is 8.42 Å². The highest BCUT2D eigenvalue weighted by Gasteiger charge is 2.06. The molecule has 5 nitrogen and oxygen atoms in total. The van der Waals surface area contributed by atoms with Crippen molar-refractivity contribution < 1.29 is 8.42 Å². The van der Waals surface area contributed by atoms with Crippen molar-refractivity contribution in [3.8, 4) is 0 Å². The zero-order valence-corrected chi connectivity index (χ0v) is 17.6. The van der Waals surface area contributed by atoms with Crippen molar-refractivity contribution in [3.63, 3.8) is 0 Å². The van der Waals surface area contributed by atoms with Gasteiger partial charge in [-0.3, -0.25) is 4.99 Å². The molecular formula is C22H31N3O2S. The number of aliphatic imine (C=N–C) groups is 1. The van der Waals surface area contributed by atoms with Crippen LogP contribution in [0.2, 0.25) is 0 Å². The second-order valence-corrected chi connectivity index (χ2v) is 8.90. The Morgan fingerprint density at radius 3 is 2.11 bits per heavy atom. The first kappa shape index (κ1) is 22.0. The Balaban J connectivity index is 1.59. The van der Waals surface area contributed by atoms with Crippen LogP contribution >= 0.6 is 0 Å². The van der Waals surface area contributed by atoms with E-state index in [1.165, 1.54) is 24.7 Å². The first-order chi connectivity index (χ1) is 13.5. The largest absolute Gasteiger partial charge is 0.356 e. The lowest BCUT2D eigenvalue weighted by atomic mass is 10.1. The third-order valence-corrected chi connectivity index (χ3v) is 5.69. The molecule has 6 heteroatoms. The number of nitrogens with zero attached hydrogens (tertiary/aromatic N) is 1. The minimum absolute atomic E-state index is 0.356. The van der Waals surface area contributed by atoms with Gasteiger partial charge in [-0.25, -0.2) is 8.42 Å². The van der Waals surface area contributed by atoms with Crippen molar-refractivity contribution in [2.75, 3.05) is 26.4 Å². The quantitative estimate of drug-likeness (QED) is 0.364. The van der Waals surface area contributed by atoms with Crippen LogP contribution in [-0.2, 0) is 22.7 Å². The van der Waals surface area contributed by atoms with Gasteiger partial charge in [-0.2, -0.15) is 0 Å². The fraction of sp³-hybridized carbons (Fsp3) is 0.409. The molecule has 0 heterocycles. The normalized spacial score (nSPS) is 12.0. The van der Waals surface area contributed by atoms with E-state index in [2.05, 4.69) is 46.0 Å². The van der Waals surface area contributed by atoms with Gasteiger partial charge in [-0.05, 0) is 48.9 Å². The van der Waals surface area contributed by atoms with Gasteiger partial charge in [-0.1, -0.05) is 48.9 Å². The summed E-state index contributed by atoms with van der Waals surface area (Å²) in [6.07, 6.45) is 6.65. The molecule has 2 aromatic rings. The van der Waals surface area contributed by atoms with E-state index in [-0.39, 0.29) is 0 Å². The maximum atomic E-state index is 11.5. The smallest absolute Gasteiger partial charge is 0.190 e. The fourth-order valence-electron chi connectivity index (χ4n) is 2.93. The van der Waals surface area contributed by atoms with Crippen LogP contribution in [0, 0.1) is 0 Å². The van der Waals surface area contributed by atoms with Gasteiger partial charge in [0.1, 0.15) is 0 Å². The molecule has 2 rings (SSSR count). The molecule has 0 radical (unpaired) electrons. The van der Waals surface area contributed by atoms with Crippen molar-refractivity contribution in [2.45, 2.75) is 37.0 Å². The van der Waals surface area contributed by atoms with Crippen molar-refractivity contribution in [2.24, 2.45) is 4.99 Å². The minimum atomic E-state index is -3.14. The number of hydrogen-bond acceptors (Lipinski definition) is 3. The predicted octanol–water partition coefficient (Wildman–Crippen LogP) is 3.21. The molecule has 0 fully saturated rings. The standard InChI is InChI=1S/C22H31N3O2S/c1-23-22(24-17-8-4-7-11-19-9-5-3-6-10-19)25-18-16-20-12-14-21(15-13-20)28(2,26)27/h3,5-6,9-10,12-15H,4,7-8,11,16-18H2,1-2H3,(H2,23,24,25). The lowest BCUT2D eigenvalue weighted by Crippen LogP contribution is -2.38. The predicted molar refractivity (Wildman–Crippen MR) is 117 cm³/mol. The molecule has 0 unspecified atom stereocenters. The molecule has 0 spiro atoms. The van der Waals surface area contributed by atoms with Gasteiger partial charge in [0, 0.05) is 26.4 Å². The van der Waals surface area contributed by atoms with Crippen molar-refractivity contribution in [1.29, 1.82) is 0 Å². The summed E-state index contributed by atoms with van der Waals surface area (Å²) in [7, 11) is -1.37. The van der Waals surface area contributed by atoms with Gasteiger partial charge in [0.05, 0.1) is 4.90 Å². The van der Waals surface area contributed by atoms with Crippen molar-refractivity contribution in [3.05, 3.63) is 65.7 Å². The lowest BCUT2D eigenvalue weighted by Gasteiger charge is -2.12. The summed E-state index contributed by atoms with van der Waals surface area (Å²) in [6, 6.07) is 17.6. The van der Waals surface area contributed by atoms with Crippen molar-refractivity contribution in [1.82, 2.24) is 10.6 Å². The average Bonchev–Trinajstić information content (AvgIpc) is 2.69. The number of unbranched alkanes of at least 4 members (excludes halogenated alkanes) is 2. The van der Waals surface area contributed by atoms with Crippen LogP contribution in [0.3, 0.4) is 0 Å².